The normalized spacial score (nSPS) is 14.5. The SMILES string of the molecule is Cc1ccc(NC(=O)CSc2nnc(Cc3ccccc3)n2C2CCCCC2)c(C)c1. The lowest BCUT2D eigenvalue weighted by atomic mass is 9.95. The Bertz CT molecular complexity index is 1030. The Hall–Kier alpha value is -2.60. The van der Waals surface area contributed by atoms with Crippen molar-refractivity contribution in [3.05, 3.63) is 71.0 Å². The van der Waals surface area contributed by atoms with Gasteiger partial charge in [-0.05, 0) is 43.9 Å². The number of carbonyl (C=O) groups is 1. The number of benzene rings is 2. The van der Waals surface area contributed by atoms with Crippen molar-refractivity contribution in [2.45, 2.75) is 63.6 Å². The molecule has 6 heteroatoms. The Morgan fingerprint density at radius 1 is 1.06 bits per heavy atom. The molecule has 1 aliphatic rings. The van der Waals surface area contributed by atoms with Gasteiger partial charge in [0.25, 0.3) is 0 Å². The van der Waals surface area contributed by atoms with Gasteiger partial charge in [-0.15, -0.1) is 10.2 Å². The van der Waals surface area contributed by atoms with E-state index in [0.29, 0.717) is 11.8 Å². The maximum atomic E-state index is 12.6. The highest BCUT2D eigenvalue weighted by molar-refractivity contribution is 7.99. The van der Waals surface area contributed by atoms with E-state index in [2.05, 4.69) is 57.3 Å². The molecule has 1 amide bonds. The number of thioether (sulfide) groups is 1. The molecular weight excluding hydrogens is 404 g/mol. The van der Waals surface area contributed by atoms with Gasteiger partial charge in [-0.25, -0.2) is 0 Å². The first-order valence-electron chi connectivity index (χ1n) is 11.1. The first kappa shape index (κ1) is 21.6. The van der Waals surface area contributed by atoms with Gasteiger partial charge in [0.2, 0.25) is 5.91 Å². The average molecular weight is 435 g/mol. The lowest BCUT2D eigenvalue weighted by Gasteiger charge is -2.25. The van der Waals surface area contributed by atoms with Crippen molar-refractivity contribution in [2.75, 3.05) is 11.1 Å². The third-order valence-electron chi connectivity index (χ3n) is 5.87. The van der Waals surface area contributed by atoms with Gasteiger partial charge in [-0.1, -0.05) is 79.1 Å². The smallest absolute Gasteiger partial charge is 0.234 e. The van der Waals surface area contributed by atoms with Crippen LogP contribution < -0.4 is 5.32 Å². The lowest BCUT2D eigenvalue weighted by molar-refractivity contribution is -0.113. The lowest BCUT2D eigenvalue weighted by Crippen LogP contribution is -2.18. The van der Waals surface area contributed by atoms with Crippen LogP contribution in [0.2, 0.25) is 0 Å². The van der Waals surface area contributed by atoms with E-state index < -0.39 is 0 Å². The molecule has 3 aromatic rings. The van der Waals surface area contributed by atoms with Gasteiger partial charge >= 0.3 is 0 Å². The van der Waals surface area contributed by atoms with E-state index in [1.54, 1.807) is 0 Å². The van der Waals surface area contributed by atoms with Crippen LogP contribution in [0.15, 0.2) is 53.7 Å². The Balaban J connectivity index is 1.48. The molecule has 0 atom stereocenters. The number of aromatic nitrogens is 3. The monoisotopic (exact) mass is 434 g/mol. The second-order valence-electron chi connectivity index (χ2n) is 8.38. The third-order valence-corrected chi connectivity index (χ3v) is 6.81. The summed E-state index contributed by atoms with van der Waals surface area (Å²) < 4.78 is 2.31. The van der Waals surface area contributed by atoms with Crippen LogP contribution in [0.25, 0.3) is 0 Å². The molecule has 1 fully saturated rings. The number of hydrogen-bond donors (Lipinski definition) is 1. The van der Waals surface area contributed by atoms with E-state index >= 15 is 0 Å². The van der Waals surface area contributed by atoms with Crippen molar-refractivity contribution < 1.29 is 4.79 Å². The molecule has 0 bridgehead atoms. The van der Waals surface area contributed by atoms with E-state index in [-0.39, 0.29) is 5.91 Å². The van der Waals surface area contributed by atoms with Crippen LogP contribution in [0.3, 0.4) is 0 Å². The van der Waals surface area contributed by atoms with E-state index in [4.69, 9.17) is 0 Å². The first-order chi connectivity index (χ1) is 15.1. The highest BCUT2D eigenvalue weighted by Crippen LogP contribution is 2.33. The Kier molecular flexibility index (Phi) is 7.07. The predicted molar refractivity (Wildman–Crippen MR) is 127 cm³/mol. The summed E-state index contributed by atoms with van der Waals surface area (Å²) in [4.78, 5) is 12.6. The van der Waals surface area contributed by atoms with Crippen LogP contribution in [0.5, 0.6) is 0 Å². The van der Waals surface area contributed by atoms with Gasteiger partial charge in [-0.2, -0.15) is 0 Å². The number of hydrogen-bond acceptors (Lipinski definition) is 4. The van der Waals surface area contributed by atoms with Crippen LogP contribution in [0.1, 0.15) is 60.7 Å². The van der Waals surface area contributed by atoms with Crippen LogP contribution in [0, 0.1) is 13.8 Å². The number of rotatable bonds is 7. The Morgan fingerprint density at radius 3 is 2.58 bits per heavy atom. The van der Waals surface area contributed by atoms with Crippen molar-refractivity contribution in [3.63, 3.8) is 0 Å². The standard InChI is InChI=1S/C25H30N4OS/c1-18-13-14-22(19(2)15-18)26-24(30)17-31-25-28-27-23(16-20-9-5-3-6-10-20)29(25)21-11-7-4-8-12-21/h3,5-6,9-10,13-15,21H,4,7-8,11-12,16-17H2,1-2H3,(H,26,30). The molecule has 162 valence electrons. The fourth-order valence-electron chi connectivity index (χ4n) is 4.28. The van der Waals surface area contributed by atoms with Gasteiger partial charge in [0, 0.05) is 18.2 Å². The summed E-state index contributed by atoms with van der Waals surface area (Å²) >= 11 is 1.49. The summed E-state index contributed by atoms with van der Waals surface area (Å²) in [5.41, 5.74) is 4.37. The molecule has 1 N–H and O–H groups in total. The molecule has 0 saturated heterocycles. The molecule has 31 heavy (non-hydrogen) atoms. The zero-order valence-electron chi connectivity index (χ0n) is 18.3. The summed E-state index contributed by atoms with van der Waals surface area (Å²) in [6.45, 7) is 4.07. The molecule has 1 saturated carbocycles. The second-order valence-corrected chi connectivity index (χ2v) is 9.32. The predicted octanol–water partition coefficient (Wildman–Crippen LogP) is 5.72. The Morgan fingerprint density at radius 2 is 1.84 bits per heavy atom. The molecule has 1 aromatic heterocycles. The molecule has 0 aliphatic heterocycles. The van der Waals surface area contributed by atoms with Crippen molar-refractivity contribution in [2.24, 2.45) is 0 Å². The minimum absolute atomic E-state index is 0.0141. The van der Waals surface area contributed by atoms with Gasteiger partial charge in [0.1, 0.15) is 5.82 Å². The van der Waals surface area contributed by atoms with Crippen molar-refractivity contribution in [1.29, 1.82) is 0 Å². The van der Waals surface area contributed by atoms with Crippen LogP contribution in [-0.4, -0.2) is 26.4 Å². The van der Waals surface area contributed by atoms with Crippen molar-refractivity contribution in [1.82, 2.24) is 14.8 Å². The largest absolute Gasteiger partial charge is 0.325 e. The summed E-state index contributed by atoms with van der Waals surface area (Å²) in [5.74, 6) is 1.30. The minimum Gasteiger partial charge on any atom is -0.325 e. The molecule has 0 spiro atoms. The molecule has 2 aromatic carbocycles. The molecule has 0 unspecified atom stereocenters. The number of amides is 1. The number of anilines is 1. The number of nitrogens with one attached hydrogen (secondary N) is 1. The first-order valence-corrected chi connectivity index (χ1v) is 12.1. The van der Waals surface area contributed by atoms with E-state index in [1.807, 2.05) is 25.1 Å². The van der Waals surface area contributed by atoms with E-state index in [1.165, 1.54) is 42.2 Å². The summed E-state index contributed by atoms with van der Waals surface area (Å²) in [5, 5.41) is 12.9. The van der Waals surface area contributed by atoms with Crippen molar-refractivity contribution >= 4 is 23.4 Å². The average Bonchev–Trinajstić information content (AvgIpc) is 3.18. The zero-order chi connectivity index (χ0) is 21.6. The fraction of sp³-hybridized carbons (Fsp3) is 0.400. The number of carbonyl (C=O) groups excluding carboxylic acids is 1. The highest BCUT2D eigenvalue weighted by atomic mass is 32.2. The van der Waals surface area contributed by atoms with Gasteiger partial charge in [0.15, 0.2) is 5.16 Å². The summed E-state index contributed by atoms with van der Waals surface area (Å²) in [6, 6.07) is 16.9. The third kappa shape index (κ3) is 5.56. The molecule has 0 radical (unpaired) electrons. The van der Waals surface area contributed by atoms with Crippen LogP contribution >= 0.6 is 11.8 Å². The zero-order valence-corrected chi connectivity index (χ0v) is 19.1. The highest BCUT2D eigenvalue weighted by Gasteiger charge is 2.23. The topological polar surface area (TPSA) is 59.8 Å². The molecule has 5 nitrogen and oxygen atoms in total. The Labute approximate surface area is 188 Å². The second kappa shape index (κ2) is 10.1. The molecule has 4 rings (SSSR count). The van der Waals surface area contributed by atoms with E-state index in [0.717, 1.165) is 41.5 Å². The van der Waals surface area contributed by atoms with Gasteiger partial charge in [0.05, 0.1) is 5.75 Å². The van der Waals surface area contributed by atoms with Crippen molar-refractivity contribution in [3.8, 4) is 0 Å². The number of aryl methyl sites for hydroxylation is 2. The number of nitrogens with zero attached hydrogens (tertiary/aromatic N) is 3. The minimum atomic E-state index is -0.0141. The molecular formula is C25H30N4OS. The maximum absolute atomic E-state index is 12.6. The molecule has 1 aliphatic carbocycles. The maximum Gasteiger partial charge on any atom is 0.234 e. The fourth-order valence-corrected chi connectivity index (χ4v) is 5.11. The van der Waals surface area contributed by atoms with E-state index in [9.17, 15) is 4.79 Å². The summed E-state index contributed by atoms with van der Waals surface area (Å²) in [7, 11) is 0. The van der Waals surface area contributed by atoms with Gasteiger partial charge in [-0.3, -0.25) is 4.79 Å². The molecule has 1 heterocycles. The van der Waals surface area contributed by atoms with Gasteiger partial charge < -0.3 is 9.88 Å². The summed E-state index contributed by atoms with van der Waals surface area (Å²) in [6.07, 6.45) is 6.85. The van der Waals surface area contributed by atoms with Crippen LogP contribution in [0.4, 0.5) is 5.69 Å². The quantitative estimate of drug-likeness (QED) is 0.483. The van der Waals surface area contributed by atoms with Crippen LogP contribution in [-0.2, 0) is 11.2 Å².